The van der Waals surface area contributed by atoms with Crippen molar-refractivity contribution in [2.24, 2.45) is 5.73 Å². The Bertz CT molecular complexity index is 1260. The third-order valence-electron chi connectivity index (χ3n) is 6.81. The largest absolute Gasteiger partial charge is 0.508 e. The number of benzene rings is 2. The van der Waals surface area contributed by atoms with Gasteiger partial charge in [-0.1, -0.05) is 6.07 Å². The van der Waals surface area contributed by atoms with Gasteiger partial charge in [-0.3, -0.25) is 10.2 Å². The van der Waals surface area contributed by atoms with Crippen molar-refractivity contribution < 1.29 is 23.4 Å². The van der Waals surface area contributed by atoms with Gasteiger partial charge in [-0.05, 0) is 61.1 Å². The number of amides is 1. The van der Waals surface area contributed by atoms with Gasteiger partial charge in [-0.2, -0.15) is 4.31 Å². The SMILES string of the molecule is N=C(N)NCCCCC(=O)N1CCC(Nc2ccc3c(c2)CN(S(=O)(=O)c2ccc(O)cc2O)C3)CC1. The van der Waals surface area contributed by atoms with Gasteiger partial charge in [0.25, 0.3) is 0 Å². The highest BCUT2D eigenvalue weighted by Crippen LogP contribution is 2.35. The Morgan fingerprint density at radius 2 is 1.78 bits per heavy atom. The molecule has 2 aliphatic rings. The highest BCUT2D eigenvalue weighted by molar-refractivity contribution is 7.89. The summed E-state index contributed by atoms with van der Waals surface area (Å²) in [5.74, 6) is -0.584. The van der Waals surface area contributed by atoms with Crippen molar-refractivity contribution in [1.82, 2.24) is 14.5 Å². The average Bonchev–Trinajstić information content (AvgIpc) is 3.28. The molecule has 7 N–H and O–H groups in total. The molecule has 12 heteroatoms. The Morgan fingerprint density at radius 1 is 1.05 bits per heavy atom. The summed E-state index contributed by atoms with van der Waals surface area (Å²) >= 11 is 0. The fraction of sp³-hybridized carbons (Fsp3) is 0.440. The van der Waals surface area contributed by atoms with Crippen LogP contribution >= 0.6 is 0 Å². The van der Waals surface area contributed by atoms with E-state index in [2.05, 4.69) is 10.6 Å². The number of nitrogens with two attached hydrogens (primary N) is 1. The molecule has 4 rings (SSSR count). The molecular formula is C25H34N6O5S. The number of hydrogen-bond donors (Lipinski definition) is 6. The summed E-state index contributed by atoms with van der Waals surface area (Å²) in [5.41, 5.74) is 7.97. The summed E-state index contributed by atoms with van der Waals surface area (Å²) in [6, 6.07) is 9.52. The number of unbranched alkanes of at least 4 members (excludes halogenated alkanes) is 1. The summed E-state index contributed by atoms with van der Waals surface area (Å²) in [6.07, 6.45) is 3.69. The van der Waals surface area contributed by atoms with E-state index in [1.807, 2.05) is 23.1 Å². The van der Waals surface area contributed by atoms with E-state index >= 15 is 0 Å². The maximum absolute atomic E-state index is 13.1. The summed E-state index contributed by atoms with van der Waals surface area (Å²) in [6.45, 7) is 2.38. The van der Waals surface area contributed by atoms with Gasteiger partial charge in [0, 0.05) is 56.9 Å². The Labute approximate surface area is 216 Å². The van der Waals surface area contributed by atoms with Crippen LogP contribution in [0, 0.1) is 5.41 Å². The molecule has 2 aliphatic heterocycles. The van der Waals surface area contributed by atoms with Gasteiger partial charge in [-0.15, -0.1) is 0 Å². The molecular weight excluding hydrogens is 496 g/mol. The molecule has 1 saturated heterocycles. The summed E-state index contributed by atoms with van der Waals surface area (Å²) in [4.78, 5) is 14.1. The number of anilines is 1. The third kappa shape index (κ3) is 6.44. The number of likely N-dealkylation sites (tertiary alicyclic amines) is 1. The smallest absolute Gasteiger partial charge is 0.247 e. The highest BCUT2D eigenvalue weighted by Gasteiger charge is 2.33. The second kappa shape index (κ2) is 11.3. The molecule has 0 aliphatic carbocycles. The Balaban J connectivity index is 1.27. The van der Waals surface area contributed by atoms with Crippen molar-refractivity contribution in [3.63, 3.8) is 0 Å². The van der Waals surface area contributed by atoms with Crippen molar-refractivity contribution in [3.05, 3.63) is 47.5 Å². The Hall–Kier alpha value is -3.51. The number of rotatable bonds is 9. The lowest BCUT2D eigenvalue weighted by Gasteiger charge is -2.33. The van der Waals surface area contributed by atoms with Gasteiger partial charge in [0.2, 0.25) is 15.9 Å². The molecule has 0 aromatic heterocycles. The molecule has 0 spiro atoms. The van der Waals surface area contributed by atoms with E-state index in [-0.39, 0.29) is 41.6 Å². The number of phenolic OH excluding ortho intramolecular Hbond substituents is 2. The molecule has 2 heterocycles. The van der Waals surface area contributed by atoms with Crippen LogP contribution in [-0.2, 0) is 27.9 Å². The van der Waals surface area contributed by atoms with E-state index in [9.17, 15) is 23.4 Å². The number of phenols is 2. The molecule has 1 amide bonds. The second-order valence-corrected chi connectivity index (χ2v) is 11.4. The number of carbonyl (C=O) groups is 1. The van der Waals surface area contributed by atoms with Crippen LogP contribution in [0.1, 0.15) is 43.2 Å². The van der Waals surface area contributed by atoms with E-state index in [4.69, 9.17) is 11.1 Å². The summed E-state index contributed by atoms with van der Waals surface area (Å²) in [7, 11) is -3.93. The fourth-order valence-corrected chi connectivity index (χ4v) is 6.24. The maximum Gasteiger partial charge on any atom is 0.247 e. The molecule has 37 heavy (non-hydrogen) atoms. The standard InChI is InChI=1S/C25H34N6O5S/c26-25(27)28-10-2-1-3-24(34)30-11-8-19(9-12-30)29-20-5-4-17-15-31(16-18(17)13-20)37(35,36)23-7-6-21(32)14-22(23)33/h4-7,13-14,19,29,32-33H,1-3,8-12,15-16H2,(H4,26,27,28). The van der Waals surface area contributed by atoms with Crippen LogP contribution in [0.5, 0.6) is 11.5 Å². The number of guanidine groups is 1. The average molecular weight is 531 g/mol. The molecule has 0 unspecified atom stereocenters. The monoisotopic (exact) mass is 530 g/mol. The lowest BCUT2D eigenvalue weighted by Crippen LogP contribution is -2.42. The van der Waals surface area contributed by atoms with E-state index < -0.39 is 15.8 Å². The highest BCUT2D eigenvalue weighted by atomic mass is 32.2. The van der Waals surface area contributed by atoms with E-state index in [0.717, 1.165) is 48.6 Å². The number of sulfonamides is 1. The Morgan fingerprint density at radius 3 is 2.49 bits per heavy atom. The van der Waals surface area contributed by atoms with Crippen molar-refractivity contribution in [1.29, 1.82) is 5.41 Å². The van der Waals surface area contributed by atoms with Gasteiger partial charge in [0.1, 0.15) is 16.4 Å². The molecule has 11 nitrogen and oxygen atoms in total. The first kappa shape index (κ1) is 26.6. The van der Waals surface area contributed by atoms with Gasteiger partial charge in [0.05, 0.1) is 0 Å². The number of nitrogens with zero attached hydrogens (tertiary/aromatic N) is 2. The number of aromatic hydroxyl groups is 2. The first-order valence-corrected chi connectivity index (χ1v) is 13.8. The quantitative estimate of drug-likeness (QED) is 0.162. The minimum Gasteiger partial charge on any atom is -0.508 e. The molecule has 0 bridgehead atoms. The second-order valence-electron chi connectivity index (χ2n) is 9.51. The predicted octanol–water partition coefficient (Wildman–Crippen LogP) is 1.86. The Kier molecular flexibility index (Phi) is 8.08. The van der Waals surface area contributed by atoms with Gasteiger partial charge >= 0.3 is 0 Å². The van der Waals surface area contributed by atoms with E-state index in [0.29, 0.717) is 26.1 Å². The first-order chi connectivity index (χ1) is 17.6. The van der Waals surface area contributed by atoms with Crippen LogP contribution in [0.3, 0.4) is 0 Å². The zero-order valence-corrected chi connectivity index (χ0v) is 21.4. The van der Waals surface area contributed by atoms with Gasteiger partial charge < -0.3 is 31.5 Å². The first-order valence-electron chi connectivity index (χ1n) is 12.4. The van der Waals surface area contributed by atoms with Crippen molar-refractivity contribution in [3.8, 4) is 11.5 Å². The third-order valence-corrected chi connectivity index (χ3v) is 8.65. The number of nitrogens with one attached hydrogen (secondary N) is 3. The summed E-state index contributed by atoms with van der Waals surface area (Å²) in [5, 5.41) is 32.9. The van der Waals surface area contributed by atoms with Crippen LogP contribution in [0.15, 0.2) is 41.3 Å². The lowest BCUT2D eigenvalue weighted by molar-refractivity contribution is -0.132. The topological polar surface area (TPSA) is 172 Å². The van der Waals surface area contributed by atoms with Crippen LogP contribution in [0.25, 0.3) is 0 Å². The summed E-state index contributed by atoms with van der Waals surface area (Å²) < 4.78 is 27.4. The van der Waals surface area contributed by atoms with Crippen molar-refractivity contribution in [2.75, 3.05) is 25.0 Å². The van der Waals surface area contributed by atoms with Crippen LogP contribution in [-0.4, -0.2) is 65.4 Å². The minimum atomic E-state index is -3.93. The zero-order chi connectivity index (χ0) is 26.6. The number of hydrogen-bond acceptors (Lipinski definition) is 7. The predicted molar refractivity (Wildman–Crippen MR) is 140 cm³/mol. The number of fused-ring (bicyclic) bond motifs is 1. The number of piperidine rings is 1. The van der Waals surface area contributed by atoms with Crippen LogP contribution in [0.2, 0.25) is 0 Å². The fourth-order valence-electron chi connectivity index (χ4n) is 4.78. The van der Waals surface area contributed by atoms with Crippen molar-refractivity contribution in [2.45, 2.75) is 56.1 Å². The van der Waals surface area contributed by atoms with Gasteiger partial charge in [0.15, 0.2) is 5.96 Å². The molecule has 1 fully saturated rings. The molecule has 2 aromatic rings. The maximum atomic E-state index is 13.1. The normalized spacial score (nSPS) is 16.4. The molecule has 0 saturated carbocycles. The molecule has 2 aromatic carbocycles. The lowest BCUT2D eigenvalue weighted by atomic mass is 10.0. The van der Waals surface area contributed by atoms with E-state index in [1.165, 1.54) is 16.4 Å². The van der Waals surface area contributed by atoms with Gasteiger partial charge in [-0.25, -0.2) is 8.42 Å². The van der Waals surface area contributed by atoms with Crippen molar-refractivity contribution >= 4 is 27.6 Å². The molecule has 0 atom stereocenters. The molecule has 0 radical (unpaired) electrons. The molecule has 200 valence electrons. The van der Waals surface area contributed by atoms with Crippen LogP contribution < -0.4 is 16.4 Å². The number of carbonyl (C=O) groups excluding carboxylic acids is 1. The van der Waals surface area contributed by atoms with Crippen LogP contribution in [0.4, 0.5) is 5.69 Å². The van der Waals surface area contributed by atoms with E-state index in [1.54, 1.807) is 0 Å². The minimum absolute atomic E-state index is 0.0546. The zero-order valence-electron chi connectivity index (χ0n) is 20.6.